The highest BCUT2D eigenvalue weighted by Gasteiger charge is 2.27. The van der Waals surface area contributed by atoms with E-state index in [1.807, 2.05) is 0 Å². The lowest BCUT2D eigenvalue weighted by molar-refractivity contribution is -0.134. The molecule has 8 heteroatoms. The van der Waals surface area contributed by atoms with Crippen LogP contribution in [-0.2, 0) is 16.0 Å². The average molecular weight is 376 g/mol. The van der Waals surface area contributed by atoms with Gasteiger partial charge in [0.15, 0.2) is 0 Å². The smallest absolute Gasteiger partial charge is 0.227 e. The predicted molar refractivity (Wildman–Crippen MR) is 93.3 cm³/mol. The van der Waals surface area contributed by atoms with E-state index in [1.54, 1.807) is 4.90 Å². The van der Waals surface area contributed by atoms with E-state index in [4.69, 9.17) is 5.73 Å². The molecular weight excluding hydrogens is 352 g/mol. The summed E-state index contributed by atoms with van der Waals surface area (Å²) in [6.45, 7) is 1.23. The molecule has 1 aromatic carbocycles. The lowest BCUT2D eigenvalue weighted by Crippen LogP contribution is -2.50. The zero-order chi connectivity index (χ0) is 17.5. The number of nitrogens with one attached hydrogen (secondary N) is 1. The van der Waals surface area contributed by atoms with Crippen LogP contribution in [0.5, 0.6) is 0 Å². The second-order valence-corrected chi connectivity index (χ2v) is 5.99. The lowest BCUT2D eigenvalue weighted by atomic mass is 10.0. The Morgan fingerprint density at radius 2 is 2.04 bits per heavy atom. The van der Waals surface area contributed by atoms with E-state index in [9.17, 15) is 18.4 Å². The van der Waals surface area contributed by atoms with Gasteiger partial charge >= 0.3 is 0 Å². The molecule has 0 spiro atoms. The number of hydrogen-bond donors (Lipinski definition) is 2. The Kier molecular flexibility index (Phi) is 8.78. The second-order valence-electron chi connectivity index (χ2n) is 5.99. The maximum atomic E-state index is 13.7. The van der Waals surface area contributed by atoms with Crippen molar-refractivity contribution in [1.29, 1.82) is 0 Å². The second kappa shape index (κ2) is 10.3. The fourth-order valence-electron chi connectivity index (χ4n) is 2.92. The number of piperidine rings is 1. The maximum Gasteiger partial charge on any atom is 0.227 e. The molecule has 1 aliphatic rings. The standard InChI is InChI=1S/C17H23F2N3O2.ClH/c18-13-5-4-12(15(19)10-13)9-17(24)22-8-2-1-3-14(22)11-21-16(23)6-7-20;/h4-5,10,14H,1-3,6-9,11,20H2,(H,21,23);1H. The summed E-state index contributed by atoms with van der Waals surface area (Å²) in [7, 11) is 0. The van der Waals surface area contributed by atoms with Crippen LogP contribution in [0.3, 0.4) is 0 Å². The van der Waals surface area contributed by atoms with E-state index in [1.165, 1.54) is 6.07 Å². The van der Waals surface area contributed by atoms with Gasteiger partial charge in [-0.2, -0.15) is 0 Å². The van der Waals surface area contributed by atoms with Gasteiger partial charge < -0.3 is 16.0 Å². The number of halogens is 3. The van der Waals surface area contributed by atoms with Gasteiger partial charge in [0, 0.05) is 38.2 Å². The first-order chi connectivity index (χ1) is 11.5. The monoisotopic (exact) mass is 375 g/mol. The Morgan fingerprint density at radius 1 is 1.28 bits per heavy atom. The van der Waals surface area contributed by atoms with Crippen LogP contribution in [0.4, 0.5) is 8.78 Å². The third kappa shape index (κ3) is 6.25. The van der Waals surface area contributed by atoms with E-state index in [2.05, 4.69) is 5.32 Å². The normalized spacial score (nSPS) is 16.9. The molecule has 0 aliphatic carbocycles. The fraction of sp³-hybridized carbons (Fsp3) is 0.529. The molecule has 1 aliphatic heterocycles. The number of amides is 2. The lowest BCUT2D eigenvalue weighted by Gasteiger charge is -2.36. The SMILES string of the molecule is Cl.NCCC(=O)NCC1CCCCN1C(=O)Cc1ccc(F)cc1F. The van der Waals surface area contributed by atoms with Crippen molar-refractivity contribution in [2.24, 2.45) is 5.73 Å². The van der Waals surface area contributed by atoms with Gasteiger partial charge in [0.1, 0.15) is 11.6 Å². The van der Waals surface area contributed by atoms with Crippen LogP contribution >= 0.6 is 12.4 Å². The molecule has 2 amide bonds. The third-order valence-electron chi connectivity index (χ3n) is 4.21. The summed E-state index contributed by atoms with van der Waals surface area (Å²) in [6, 6.07) is 3.12. The topological polar surface area (TPSA) is 75.4 Å². The first-order valence-electron chi connectivity index (χ1n) is 8.21. The fourth-order valence-corrected chi connectivity index (χ4v) is 2.92. The number of rotatable bonds is 6. The minimum absolute atomic E-state index is 0. The summed E-state index contributed by atoms with van der Waals surface area (Å²) < 4.78 is 26.7. The van der Waals surface area contributed by atoms with Gasteiger partial charge in [0.05, 0.1) is 6.42 Å². The predicted octanol–water partition coefficient (Wildman–Crippen LogP) is 1.78. The van der Waals surface area contributed by atoms with E-state index in [0.29, 0.717) is 13.1 Å². The van der Waals surface area contributed by atoms with Crippen LogP contribution < -0.4 is 11.1 Å². The van der Waals surface area contributed by atoms with Crippen LogP contribution in [0.25, 0.3) is 0 Å². The summed E-state index contributed by atoms with van der Waals surface area (Å²) in [5.74, 6) is -1.73. The minimum atomic E-state index is -0.715. The number of nitrogens with zero attached hydrogens (tertiary/aromatic N) is 1. The number of likely N-dealkylation sites (tertiary alicyclic amines) is 1. The van der Waals surface area contributed by atoms with Crippen LogP contribution in [-0.4, -0.2) is 42.4 Å². The number of carbonyl (C=O) groups is 2. The number of nitrogens with two attached hydrogens (primary N) is 1. The van der Waals surface area contributed by atoms with Gasteiger partial charge in [-0.25, -0.2) is 8.78 Å². The minimum Gasteiger partial charge on any atom is -0.354 e. The Morgan fingerprint density at radius 3 is 2.72 bits per heavy atom. The van der Waals surface area contributed by atoms with Gasteiger partial charge in [0.25, 0.3) is 0 Å². The van der Waals surface area contributed by atoms with E-state index >= 15 is 0 Å². The molecule has 1 aromatic rings. The van der Waals surface area contributed by atoms with Gasteiger partial charge in [-0.05, 0) is 30.9 Å². The molecule has 1 heterocycles. The average Bonchev–Trinajstić information content (AvgIpc) is 2.56. The molecule has 1 atom stereocenters. The molecule has 0 bridgehead atoms. The molecule has 2 rings (SSSR count). The first-order valence-corrected chi connectivity index (χ1v) is 8.21. The third-order valence-corrected chi connectivity index (χ3v) is 4.21. The van der Waals surface area contributed by atoms with Crippen molar-refractivity contribution in [2.45, 2.75) is 38.1 Å². The van der Waals surface area contributed by atoms with Crippen molar-refractivity contribution in [3.05, 3.63) is 35.4 Å². The molecule has 0 saturated carbocycles. The Labute approximate surface area is 152 Å². The van der Waals surface area contributed by atoms with E-state index in [0.717, 1.165) is 31.4 Å². The highest BCUT2D eigenvalue weighted by atomic mass is 35.5. The maximum absolute atomic E-state index is 13.7. The van der Waals surface area contributed by atoms with Gasteiger partial charge in [-0.15, -0.1) is 12.4 Å². The van der Waals surface area contributed by atoms with Crippen molar-refractivity contribution in [2.75, 3.05) is 19.6 Å². The summed E-state index contributed by atoms with van der Waals surface area (Å²) in [6.07, 6.45) is 2.79. The highest BCUT2D eigenvalue weighted by Crippen LogP contribution is 2.19. The Balaban J connectivity index is 0.00000312. The van der Waals surface area contributed by atoms with Crippen molar-refractivity contribution >= 4 is 24.2 Å². The molecule has 5 nitrogen and oxygen atoms in total. The zero-order valence-electron chi connectivity index (χ0n) is 14.0. The molecule has 0 aromatic heterocycles. The summed E-state index contributed by atoms with van der Waals surface area (Å²) in [5.41, 5.74) is 5.52. The molecule has 1 unspecified atom stereocenters. The zero-order valence-corrected chi connectivity index (χ0v) is 14.8. The quantitative estimate of drug-likeness (QED) is 0.795. The van der Waals surface area contributed by atoms with Crippen LogP contribution in [0, 0.1) is 11.6 Å². The Hall–Kier alpha value is -1.73. The summed E-state index contributed by atoms with van der Waals surface area (Å²) in [4.78, 5) is 25.8. The van der Waals surface area contributed by atoms with Crippen LogP contribution in [0.2, 0.25) is 0 Å². The number of benzene rings is 1. The number of carbonyl (C=O) groups excluding carboxylic acids is 2. The first kappa shape index (κ1) is 21.3. The molecule has 0 radical (unpaired) electrons. The molecule has 1 fully saturated rings. The highest BCUT2D eigenvalue weighted by molar-refractivity contribution is 5.85. The molecule has 3 N–H and O–H groups in total. The van der Waals surface area contributed by atoms with Crippen molar-refractivity contribution in [3.8, 4) is 0 Å². The molecule has 1 saturated heterocycles. The molecule has 25 heavy (non-hydrogen) atoms. The van der Waals surface area contributed by atoms with Crippen LogP contribution in [0.1, 0.15) is 31.2 Å². The summed E-state index contributed by atoms with van der Waals surface area (Å²) in [5, 5.41) is 2.78. The van der Waals surface area contributed by atoms with E-state index < -0.39 is 11.6 Å². The van der Waals surface area contributed by atoms with Crippen molar-refractivity contribution < 1.29 is 18.4 Å². The van der Waals surface area contributed by atoms with Crippen molar-refractivity contribution in [3.63, 3.8) is 0 Å². The molecular formula is C17H24ClF2N3O2. The van der Waals surface area contributed by atoms with Gasteiger partial charge in [-0.3, -0.25) is 9.59 Å². The van der Waals surface area contributed by atoms with E-state index in [-0.39, 0.29) is 55.2 Å². The number of hydrogen-bond acceptors (Lipinski definition) is 3. The largest absolute Gasteiger partial charge is 0.354 e. The summed E-state index contributed by atoms with van der Waals surface area (Å²) >= 11 is 0. The molecule has 140 valence electrons. The van der Waals surface area contributed by atoms with Crippen molar-refractivity contribution in [1.82, 2.24) is 10.2 Å². The van der Waals surface area contributed by atoms with Gasteiger partial charge in [0.2, 0.25) is 11.8 Å². The Bertz CT molecular complexity index is 601. The van der Waals surface area contributed by atoms with Crippen LogP contribution in [0.15, 0.2) is 18.2 Å². The van der Waals surface area contributed by atoms with Gasteiger partial charge in [-0.1, -0.05) is 6.07 Å².